The second kappa shape index (κ2) is 6.25. The number of rotatable bonds is 3. The highest BCUT2D eigenvalue weighted by atomic mass is 16.2. The Balaban J connectivity index is 1.71. The van der Waals surface area contributed by atoms with Crippen molar-refractivity contribution in [3.8, 4) is 11.4 Å². The lowest BCUT2D eigenvalue weighted by molar-refractivity contribution is -0.130. The van der Waals surface area contributed by atoms with Crippen molar-refractivity contribution in [3.05, 3.63) is 29.8 Å². The summed E-state index contributed by atoms with van der Waals surface area (Å²) in [4.78, 5) is 22.4. The van der Waals surface area contributed by atoms with Gasteiger partial charge in [-0.3, -0.25) is 14.9 Å². The molecule has 1 fully saturated rings. The lowest BCUT2D eigenvalue weighted by Gasteiger charge is -2.31. The van der Waals surface area contributed by atoms with E-state index in [0.717, 1.165) is 55.1 Å². The Labute approximate surface area is 130 Å². The molecule has 0 bridgehead atoms. The van der Waals surface area contributed by atoms with E-state index in [1.165, 1.54) is 0 Å². The molecule has 1 N–H and O–H groups in total. The molecule has 1 amide bonds. The van der Waals surface area contributed by atoms with Crippen molar-refractivity contribution in [1.82, 2.24) is 25.1 Å². The van der Waals surface area contributed by atoms with Gasteiger partial charge >= 0.3 is 0 Å². The maximum absolute atomic E-state index is 11.5. The summed E-state index contributed by atoms with van der Waals surface area (Å²) in [6, 6.07) is 1.96. The first-order valence-electron chi connectivity index (χ1n) is 7.70. The Morgan fingerprint density at radius 2 is 2.27 bits per heavy atom. The summed E-state index contributed by atoms with van der Waals surface area (Å²) in [5, 5.41) is 7.15. The first kappa shape index (κ1) is 14.7. The van der Waals surface area contributed by atoms with Crippen molar-refractivity contribution in [2.75, 3.05) is 13.1 Å². The normalized spacial score (nSPS) is 18.5. The number of piperidine rings is 1. The summed E-state index contributed by atoms with van der Waals surface area (Å²) >= 11 is 0. The highest BCUT2D eigenvalue weighted by molar-refractivity contribution is 5.73. The zero-order chi connectivity index (χ0) is 15.5. The lowest BCUT2D eigenvalue weighted by Crippen LogP contribution is -2.39. The van der Waals surface area contributed by atoms with Gasteiger partial charge in [0.2, 0.25) is 5.91 Å². The predicted molar refractivity (Wildman–Crippen MR) is 83.0 cm³/mol. The van der Waals surface area contributed by atoms with Crippen LogP contribution in [0, 0.1) is 12.8 Å². The molecule has 0 aromatic carbocycles. The van der Waals surface area contributed by atoms with Crippen LogP contribution in [0.4, 0.5) is 0 Å². The van der Waals surface area contributed by atoms with Gasteiger partial charge in [0.25, 0.3) is 0 Å². The van der Waals surface area contributed by atoms with Gasteiger partial charge in [0, 0.05) is 31.9 Å². The molecule has 3 heterocycles. The van der Waals surface area contributed by atoms with Crippen LogP contribution in [0.3, 0.4) is 0 Å². The van der Waals surface area contributed by atoms with E-state index in [9.17, 15) is 4.79 Å². The number of amides is 1. The van der Waals surface area contributed by atoms with E-state index in [0.29, 0.717) is 5.92 Å². The minimum absolute atomic E-state index is 0.163. The maximum atomic E-state index is 11.5. The van der Waals surface area contributed by atoms with Crippen LogP contribution in [0.1, 0.15) is 31.2 Å². The zero-order valence-electron chi connectivity index (χ0n) is 13.0. The molecule has 3 rings (SSSR count). The van der Waals surface area contributed by atoms with Crippen LogP contribution in [0.15, 0.2) is 18.5 Å². The highest BCUT2D eigenvalue weighted by Crippen LogP contribution is 2.21. The summed E-state index contributed by atoms with van der Waals surface area (Å²) < 4.78 is 0. The van der Waals surface area contributed by atoms with Gasteiger partial charge in [-0.1, -0.05) is 0 Å². The van der Waals surface area contributed by atoms with Crippen molar-refractivity contribution >= 4 is 5.91 Å². The van der Waals surface area contributed by atoms with Gasteiger partial charge in [0.05, 0.1) is 11.9 Å². The molecule has 1 aliphatic heterocycles. The van der Waals surface area contributed by atoms with Gasteiger partial charge in [0.1, 0.15) is 11.4 Å². The number of H-pyrrole nitrogens is 1. The van der Waals surface area contributed by atoms with E-state index < -0.39 is 0 Å². The van der Waals surface area contributed by atoms with E-state index in [-0.39, 0.29) is 5.91 Å². The maximum Gasteiger partial charge on any atom is 0.219 e. The second-order valence-electron chi connectivity index (χ2n) is 6.01. The molecule has 2 aromatic heterocycles. The molecule has 1 saturated heterocycles. The number of hydrogen-bond acceptors (Lipinski definition) is 4. The molecule has 2 aromatic rings. The van der Waals surface area contributed by atoms with Crippen LogP contribution >= 0.6 is 0 Å². The lowest BCUT2D eigenvalue weighted by atomic mass is 9.93. The van der Waals surface area contributed by atoms with Crippen LogP contribution in [-0.2, 0) is 11.2 Å². The molecule has 0 aliphatic carbocycles. The number of carbonyl (C=O) groups excluding carboxylic acids is 1. The largest absolute Gasteiger partial charge is 0.343 e. The van der Waals surface area contributed by atoms with Crippen molar-refractivity contribution in [3.63, 3.8) is 0 Å². The van der Waals surface area contributed by atoms with Gasteiger partial charge in [-0.15, -0.1) is 0 Å². The fraction of sp³-hybridized carbons (Fsp3) is 0.500. The molecule has 0 radical (unpaired) electrons. The molecule has 0 saturated carbocycles. The number of carbonyl (C=O) groups is 1. The predicted octanol–water partition coefficient (Wildman–Crippen LogP) is 1.98. The van der Waals surface area contributed by atoms with E-state index in [2.05, 4.69) is 20.2 Å². The Hall–Kier alpha value is -2.24. The Kier molecular flexibility index (Phi) is 4.18. The van der Waals surface area contributed by atoms with E-state index in [1.54, 1.807) is 13.1 Å². The van der Waals surface area contributed by atoms with Crippen molar-refractivity contribution in [1.29, 1.82) is 0 Å². The van der Waals surface area contributed by atoms with Crippen molar-refractivity contribution in [2.45, 2.75) is 33.1 Å². The van der Waals surface area contributed by atoms with Gasteiger partial charge in [-0.05, 0) is 38.2 Å². The number of hydrogen-bond donors (Lipinski definition) is 1. The van der Waals surface area contributed by atoms with Crippen LogP contribution < -0.4 is 0 Å². The third-order valence-corrected chi connectivity index (χ3v) is 4.11. The molecule has 116 valence electrons. The average molecular weight is 299 g/mol. The molecular formula is C16H21N5O. The number of nitrogens with zero attached hydrogens (tertiary/aromatic N) is 4. The highest BCUT2D eigenvalue weighted by Gasteiger charge is 2.22. The van der Waals surface area contributed by atoms with E-state index >= 15 is 0 Å². The molecule has 22 heavy (non-hydrogen) atoms. The Morgan fingerprint density at radius 3 is 3.00 bits per heavy atom. The SMILES string of the molecule is CC(=O)N1CCC[C@H](Cc2cncc(-c3cc(C)[nH]n3)n2)C1. The summed E-state index contributed by atoms with van der Waals surface area (Å²) in [7, 11) is 0. The number of nitrogens with one attached hydrogen (secondary N) is 1. The molecule has 0 spiro atoms. The van der Waals surface area contributed by atoms with Crippen LogP contribution in [0.2, 0.25) is 0 Å². The fourth-order valence-corrected chi connectivity index (χ4v) is 2.99. The van der Waals surface area contributed by atoms with Crippen LogP contribution in [0.25, 0.3) is 11.4 Å². The number of aromatic nitrogens is 4. The number of likely N-dealkylation sites (tertiary alicyclic amines) is 1. The van der Waals surface area contributed by atoms with Crippen molar-refractivity contribution < 1.29 is 4.79 Å². The first-order valence-corrected chi connectivity index (χ1v) is 7.70. The molecular weight excluding hydrogens is 278 g/mol. The standard InChI is InChI=1S/C16H21N5O/c1-11-6-15(20-19-11)16-9-17-8-14(18-16)7-13-4-3-5-21(10-13)12(2)22/h6,8-9,13H,3-5,7,10H2,1-2H3,(H,19,20)/t13-/m1/s1. The smallest absolute Gasteiger partial charge is 0.219 e. The second-order valence-corrected chi connectivity index (χ2v) is 6.01. The molecule has 1 aliphatic rings. The molecule has 1 atom stereocenters. The minimum atomic E-state index is 0.163. The topological polar surface area (TPSA) is 74.8 Å². The number of aryl methyl sites for hydroxylation is 1. The minimum Gasteiger partial charge on any atom is -0.343 e. The summed E-state index contributed by atoms with van der Waals surface area (Å²) in [6.07, 6.45) is 6.61. The molecule has 0 unspecified atom stereocenters. The van der Waals surface area contributed by atoms with E-state index in [1.807, 2.05) is 24.1 Å². The third kappa shape index (κ3) is 3.32. The van der Waals surface area contributed by atoms with Gasteiger partial charge in [0.15, 0.2) is 0 Å². The fourth-order valence-electron chi connectivity index (χ4n) is 2.99. The van der Waals surface area contributed by atoms with Gasteiger partial charge in [-0.25, -0.2) is 4.98 Å². The van der Waals surface area contributed by atoms with Crippen LogP contribution in [0.5, 0.6) is 0 Å². The quantitative estimate of drug-likeness (QED) is 0.940. The Bertz CT molecular complexity index is 666. The summed E-state index contributed by atoms with van der Waals surface area (Å²) in [5.74, 6) is 0.625. The summed E-state index contributed by atoms with van der Waals surface area (Å²) in [6.45, 7) is 5.31. The Morgan fingerprint density at radius 1 is 1.41 bits per heavy atom. The first-order chi connectivity index (χ1) is 10.6. The average Bonchev–Trinajstić information content (AvgIpc) is 2.94. The zero-order valence-corrected chi connectivity index (χ0v) is 13.0. The number of aromatic amines is 1. The third-order valence-electron chi connectivity index (χ3n) is 4.11. The van der Waals surface area contributed by atoms with E-state index in [4.69, 9.17) is 0 Å². The molecule has 6 nitrogen and oxygen atoms in total. The van der Waals surface area contributed by atoms with Gasteiger partial charge < -0.3 is 4.90 Å². The monoisotopic (exact) mass is 299 g/mol. The van der Waals surface area contributed by atoms with Gasteiger partial charge in [-0.2, -0.15) is 5.10 Å². The van der Waals surface area contributed by atoms with Crippen LogP contribution in [-0.4, -0.2) is 44.1 Å². The van der Waals surface area contributed by atoms with Crippen molar-refractivity contribution in [2.24, 2.45) is 5.92 Å². The molecule has 6 heteroatoms. The summed E-state index contributed by atoms with van der Waals surface area (Å²) in [5.41, 5.74) is 3.59.